The Morgan fingerprint density at radius 3 is 2.16 bits per heavy atom. The Bertz CT molecular complexity index is 287. The third kappa shape index (κ3) is 4.79. The van der Waals surface area contributed by atoms with Gasteiger partial charge >= 0.3 is 0 Å². The number of carbonyl (C=O) groups excluding carboxylic acids is 1. The van der Waals surface area contributed by atoms with Crippen molar-refractivity contribution in [1.29, 1.82) is 0 Å². The summed E-state index contributed by atoms with van der Waals surface area (Å²) in [6, 6.07) is -0.0150. The lowest BCUT2D eigenvalue weighted by Gasteiger charge is -2.41. The maximum Gasteiger partial charge on any atom is 0.240 e. The number of hydrogen-bond donors (Lipinski definition) is 1. The SMILES string of the molecule is CC(C)CN(CC(C)C)C(=O)C1NCCCC1(C)C. The molecular weight excluding hydrogens is 236 g/mol. The van der Waals surface area contributed by atoms with Crippen molar-refractivity contribution in [2.45, 2.75) is 60.4 Å². The number of nitrogens with zero attached hydrogens (tertiary/aromatic N) is 1. The van der Waals surface area contributed by atoms with E-state index in [9.17, 15) is 4.79 Å². The molecule has 1 aliphatic rings. The molecule has 0 aliphatic carbocycles. The lowest BCUT2D eigenvalue weighted by atomic mass is 9.77. The molecule has 1 fully saturated rings. The van der Waals surface area contributed by atoms with Gasteiger partial charge in [0, 0.05) is 13.1 Å². The highest BCUT2D eigenvalue weighted by molar-refractivity contribution is 5.83. The van der Waals surface area contributed by atoms with Gasteiger partial charge in [-0.1, -0.05) is 41.5 Å². The molecule has 0 radical (unpaired) electrons. The van der Waals surface area contributed by atoms with Gasteiger partial charge in [-0.05, 0) is 36.6 Å². The van der Waals surface area contributed by atoms with E-state index in [1.807, 2.05) is 0 Å². The lowest BCUT2D eigenvalue weighted by Crippen LogP contribution is -2.57. The summed E-state index contributed by atoms with van der Waals surface area (Å²) in [6.07, 6.45) is 2.30. The summed E-state index contributed by atoms with van der Waals surface area (Å²) in [4.78, 5) is 14.9. The van der Waals surface area contributed by atoms with Crippen molar-refractivity contribution in [3.05, 3.63) is 0 Å². The fourth-order valence-electron chi connectivity index (χ4n) is 2.95. The van der Waals surface area contributed by atoms with Crippen LogP contribution >= 0.6 is 0 Å². The van der Waals surface area contributed by atoms with Gasteiger partial charge in [-0.25, -0.2) is 0 Å². The Hall–Kier alpha value is -0.570. The van der Waals surface area contributed by atoms with E-state index in [4.69, 9.17) is 0 Å². The molecule has 1 N–H and O–H groups in total. The van der Waals surface area contributed by atoms with E-state index in [0.717, 1.165) is 26.1 Å². The van der Waals surface area contributed by atoms with Gasteiger partial charge in [0.1, 0.15) is 0 Å². The first kappa shape index (κ1) is 16.5. The molecule has 1 amide bonds. The monoisotopic (exact) mass is 268 g/mol. The summed E-state index contributed by atoms with van der Waals surface area (Å²) in [5, 5.41) is 3.44. The van der Waals surface area contributed by atoms with Crippen LogP contribution in [-0.4, -0.2) is 36.5 Å². The standard InChI is InChI=1S/C16H32N2O/c1-12(2)10-18(11-13(3)4)15(19)14-16(5,6)8-7-9-17-14/h12-14,17H,7-11H2,1-6H3. The minimum atomic E-state index is -0.0150. The molecule has 0 aromatic rings. The zero-order chi connectivity index (χ0) is 14.6. The molecule has 3 heteroatoms. The largest absolute Gasteiger partial charge is 0.341 e. The number of piperidine rings is 1. The van der Waals surface area contributed by atoms with Crippen LogP contribution in [0, 0.1) is 17.3 Å². The molecule has 112 valence electrons. The third-order valence-corrected chi connectivity index (χ3v) is 3.86. The van der Waals surface area contributed by atoms with Crippen molar-refractivity contribution in [3.63, 3.8) is 0 Å². The van der Waals surface area contributed by atoms with Crippen molar-refractivity contribution < 1.29 is 4.79 Å². The van der Waals surface area contributed by atoms with E-state index >= 15 is 0 Å². The van der Waals surface area contributed by atoms with E-state index in [2.05, 4.69) is 51.8 Å². The lowest BCUT2D eigenvalue weighted by molar-refractivity contribution is -0.138. The second kappa shape index (κ2) is 6.74. The average Bonchev–Trinajstić information content (AvgIpc) is 2.25. The van der Waals surface area contributed by atoms with E-state index in [1.165, 1.54) is 6.42 Å². The molecular formula is C16H32N2O. The number of nitrogens with one attached hydrogen (secondary N) is 1. The van der Waals surface area contributed by atoms with Crippen molar-refractivity contribution >= 4 is 5.91 Å². The molecule has 0 aromatic carbocycles. The first-order valence-electron chi connectivity index (χ1n) is 7.76. The van der Waals surface area contributed by atoms with E-state index in [1.54, 1.807) is 0 Å². The molecule has 0 saturated carbocycles. The summed E-state index contributed by atoms with van der Waals surface area (Å²) in [5.41, 5.74) is 0.0710. The molecule has 1 rings (SSSR count). The van der Waals surface area contributed by atoms with E-state index in [-0.39, 0.29) is 11.5 Å². The van der Waals surface area contributed by atoms with Crippen LogP contribution in [-0.2, 0) is 4.79 Å². The molecule has 19 heavy (non-hydrogen) atoms. The predicted octanol–water partition coefficient (Wildman–Crippen LogP) is 2.91. The van der Waals surface area contributed by atoms with Crippen LogP contribution in [0.25, 0.3) is 0 Å². The first-order chi connectivity index (χ1) is 8.74. The van der Waals surface area contributed by atoms with Gasteiger partial charge in [0.15, 0.2) is 0 Å². The van der Waals surface area contributed by atoms with Crippen LogP contribution in [0.15, 0.2) is 0 Å². The van der Waals surface area contributed by atoms with E-state index in [0.29, 0.717) is 17.7 Å². The predicted molar refractivity (Wildman–Crippen MR) is 81.1 cm³/mol. The first-order valence-corrected chi connectivity index (χ1v) is 7.76. The van der Waals surface area contributed by atoms with E-state index < -0.39 is 0 Å². The minimum Gasteiger partial charge on any atom is -0.341 e. The number of hydrogen-bond acceptors (Lipinski definition) is 2. The fourth-order valence-corrected chi connectivity index (χ4v) is 2.95. The normalized spacial score (nSPS) is 22.8. The molecule has 0 bridgehead atoms. The van der Waals surface area contributed by atoms with Gasteiger partial charge in [-0.3, -0.25) is 4.79 Å². The van der Waals surface area contributed by atoms with Crippen molar-refractivity contribution in [2.24, 2.45) is 17.3 Å². The summed E-state index contributed by atoms with van der Waals surface area (Å²) in [5.74, 6) is 1.34. The summed E-state index contributed by atoms with van der Waals surface area (Å²) < 4.78 is 0. The molecule has 3 nitrogen and oxygen atoms in total. The molecule has 1 heterocycles. The molecule has 1 aliphatic heterocycles. The van der Waals surface area contributed by atoms with Gasteiger partial charge in [0.2, 0.25) is 5.91 Å². The summed E-state index contributed by atoms with van der Waals surface area (Å²) in [6.45, 7) is 15.9. The van der Waals surface area contributed by atoms with Crippen LogP contribution in [0.5, 0.6) is 0 Å². The van der Waals surface area contributed by atoms with Crippen molar-refractivity contribution in [3.8, 4) is 0 Å². The quantitative estimate of drug-likeness (QED) is 0.831. The minimum absolute atomic E-state index is 0.0150. The number of rotatable bonds is 5. The van der Waals surface area contributed by atoms with Gasteiger partial charge < -0.3 is 10.2 Å². The Labute approximate surface area is 119 Å². The van der Waals surface area contributed by atoms with Gasteiger partial charge in [-0.2, -0.15) is 0 Å². The Morgan fingerprint density at radius 1 is 1.21 bits per heavy atom. The highest BCUT2D eigenvalue weighted by Gasteiger charge is 2.39. The zero-order valence-electron chi connectivity index (χ0n) is 13.6. The second-order valence-electron chi connectivity index (χ2n) is 7.51. The van der Waals surface area contributed by atoms with Crippen LogP contribution < -0.4 is 5.32 Å². The molecule has 1 saturated heterocycles. The molecule has 0 spiro atoms. The topological polar surface area (TPSA) is 32.3 Å². The van der Waals surface area contributed by atoms with Crippen LogP contribution in [0.2, 0.25) is 0 Å². The van der Waals surface area contributed by atoms with Crippen LogP contribution in [0.3, 0.4) is 0 Å². The molecule has 0 aromatic heterocycles. The van der Waals surface area contributed by atoms with Gasteiger partial charge in [-0.15, -0.1) is 0 Å². The van der Waals surface area contributed by atoms with Crippen LogP contribution in [0.1, 0.15) is 54.4 Å². The highest BCUT2D eigenvalue weighted by atomic mass is 16.2. The maximum atomic E-state index is 12.8. The number of amides is 1. The molecule has 1 atom stereocenters. The zero-order valence-corrected chi connectivity index (χ0v) is 13.6. The third-order valence-electron chi connectivity index (χ3n) is 3.86. The maximum absolute atomic E-state index is 12.8. The highest BCUT2D eigenvalue weighted by Crippen LogP contribution is 2.31. The van der Waals surface area contributed by atoms with Crippen molar-refractivity contribution in [2.75, 3.05) is 19.6 Å². The number of carbonyl (C=O) groups is 1. The summed E-state index contributed by atoms with van der Waals surface area (Å²) in [7, 11) is 0. The average molecular weight is 268 g/mol. The molecule has 1 unspecified atom stereocenters. The Morgan fingerprint density at radius 2 is 1.74 bits per heavy atom. The Balaban J connectivity index is 2.79. The summed E-state index contributed by atoms with van der Waals surface area (Å²) >= 11 is 0. The van der Waals surface area contributed by atoms with Crippen molar-refractivity contribution in [1.82, 2.24) is 10.2 Å². The fraction of sp³-hybridized carbons (Fsp3) is 0.938. The smallest absolute Gasteiger partial charge is 0.240 e. The Kier molecular flexibility index (Phi) is 5.84. The van der Waals surface area contributed by atoms with Crippen LogP contribution in [0.4, 0.5) is 0 Å². The second-order valence-corrected chi connectivity index (χ2v) is 7.51. The van der Waals surface area contributed by atoms with Gasteiger partial charge in [0.25, 0.3) is 0 Å². The van der Waals surface area contributed by atoms with Gasteiger partial charge in [0.05, 0.1) is 6.04 Å².